The van der Waals surface area contributed by atoms with Crippen molar-refractivity contribution in [2.45, 2.75) is 25.3 Å². The van der Waals surface area contributed by atoms with Gasteiger partial charge in [-0.3, -0.25) is 0 Å². The van der Waals surface area contributed by atoms with E-state index in [0.717, 1.165) is 29.2 Å². The Hall–Kier alpha value is -0.960. The van der Waals surface area contributed by atoms with Crippen LogP contribution in [0.2, 0.25) is 0 Å². The molecule has 5 unspecified atom stereocenters. The molecule has 3 saturated carbocycles. The zero-order valence-corrected chi connectivity index (χ0v) is 10.2. The first-order chi connectivity index (χ1) is 8.66. The van der Waals surface area contributed by atoms with Crippen molar-refractivity contribution in [1.29, 1.82) is 0 Å². The van der Waals surface area contributed by atoms with E-state index in [1.807, 2.05) is 0 Å². The van der Waals surface area contributed by atoms with Gasteiger partial charge in [0.2, 0.25) is 0 Å². The Balaban J connectivity index is 1.58. The summed E-state index contributed by atoms with van der Waals surface area (Å²) >= 11 is 0. The van der Waals surface area contributed by atoms with E-state index < -0.39 is 11.6 Å². The first kappa shape index (κ1) is 10.9. The molecular weight excluding hydrogens is 232 g/mol. The van der Waals surface area contributed by atoms with Crippen molar-refractivity contribution in [2.75, 3.05) is 0 Å². The summed E-state index contributed by atoms with van der Waals surface area (Å²) in [5.74, 6) is 2.21. The van der Waals surface area contributed by atoms with Crippen molar-refractivity contribution in [3.8, 4) is 0 Å². The number of benzene rings is 1. The number of hydrogen-bond donors (Lipinski definition) is 1. The number of nitrogens with two attached hydrogens (primary N) is 1. The lowest BCUT2D eigenvalue weighted by molar-refractivity contribution is 0.415. The summed E-state index contributed by atoms with van der Waals surface area (Å²) in [5.41, 5.74) is 7.03. The molecule has 3 heteroatoms. The average molecular weight is 249 g/mol. The van der Waals surface area contributed by atoms with E-state index in [4.69, 9.17) is 5.73 Å². The summed E-state index contributed by atoms with van der Waals surface area (Å²) in [6.45, 7) is 0. The highest BCUT2D eigenvalue weighted by Gasteiger charge is 2.66. The van der Waals surface area contributed by atoms with Crippen molar-refractivity contribution >= 4 is 0 Å². The lowest BCUT2D eigenvalue weighted by Gasteiger charge is -2.16. The minimum absolute atomic E-state index is 0.112. The van der Waals surface area contributed by atoms with Gasteiger partial charge in [-0.25, -0.2) is 8.78 Å². The van der Waals surface area contributed by atoms with Crippen molar-refractivity contribution in [1.82, 2.24) is 0 Å². The largest absolute Gasteiger partial charge is 0.324 e. The Bertz CT molecular complexity index is 485. The molecule has 0 aromatic heterocycles. The molecule has 0 radical (unpaired) electrons. The van der Waals surface area contributed by atoms with Gasteiger partial charge in [-0.05, 0) is 66.5 Å². The summed E-state index contributed by atoms with van der Waals surface area (Å²) in [4.78, 5) is 0. The van der Waals surface area contributed by atoms with E-state index >= 15 is 0 Å². The van der Waals surface area contributed by atoms with Gasteiger partial charge < -0.3 is 5.73 Å². The van der Waals surface area contributed by atoms with Gasteiger partial charge in [0.25, 0.3) is 0 Å². The second kappa shape index (κ2) is 3.53. The van der Waals surface area contributed by atoms with Gasteiger partial charge in [-0.2, -0.15) is 0 Å². The highest BCUT2D eigenvalue weighted by Crippen LogP contribution is 2.71. The highest BCUT2D eigenvalue weighted by atomic mass is 19.2. The standard InChI is InChI=1S/C15H17F2N/c16-10-4-3-9(6-11(10)17)15(18)14-12-7-1-2-8(5-7)13(12)14/h3-4,6-8,12-15H,1-2,5,18H2. The molecule has 0 aliphatic heterocycles. The second-order valence-electron chi connectivity index (χ2n) is 6.26. The molecular formula is C15H17F2N. The molecule has 1 nitrogen and oxygen atoms in total. The third kappa shape index (κ3) is 1.34. The lowest BCUT2D eigenvalue weighted by atomic mass is 9.93. The molecule has 3 fully saturated rings. The molecule has 3 aliphatic carbocycles. The Kier molecular flexibility index (Phi) is 2.14. The van der Waals surface area contributed by atoms with Crippen LogP contribution in [0.15, 0.2) is 18.2 Å². The van der Waals surface area contributed by atoms with Crippen LogP contribution in [0, 0.1) is 41.2 Å². The smallest absolute Gasteiger partial charge is 0.159 e. The number of fused-ring (bicyclic) bond motifs is 5. The van der Waals surface area contributed by atoms with Crippen molar-refractivity contribution in [3.63, 3.8) is 0 Å². The first-order valence-electron chi connectivity index (χ1n) is 6.87. The van der Waals surface area contributed by atoms with Crippen LogP contribution >= 0.6 is 0 Å². The topological polar surface area (TPSA) is 26.0 Å². The van der Waals surface area contributed by atoms with Crippen LogP contribution in [0.3, 0.4) is 0 Å². The Morgan fingerprint density at radius 2 is 1.72 bits per heavy atom. The monoisotopic (exact) mass is 249 g/mol. The van der Waals surface area contributed by atoms with Gasteiger partial charge in [-0.1, -0.05) is 6.07 Å². The molecule has 3 aliphatic rings. The summed E-state index contributed by atoms with van der Waals surface area (Å²) in [6, 6.07) is 3.99. The van der Waals surface area contributed by atoms with E-state index in [1.165, 1.54) is 31.4 Å². The van der Waals surface area contributed by atoms with Crippen molar-refractivity contribution < 1.29 is 8.78 Å². The summed E-state index contributed by atoms with van der Waals surface area (Å²) in [6.07, 6.45) is 4.09. The molecule has 5 atom stereocenters. The van der Waals surface area contributed by atoms with Crippen LogP contribution < -0.4 is 5.73 Å². The van der Waals surface area contributed by atoms with Crippen molar-refractivity contribution in [3.05, 3.63) is 35.4 Å². The van der Waals surface area contributed by atoms with Crippen LogP contribution in [-0.4, -0.2) is 0 Å². The molecule has 96 valence electrons. The molecule has 0 saturated heterocycles. The lowest BCUT2D eigenvalue weighted by Crippen LogP contribution is -2.17. The molecule has 0 heterocycles. The molecule has 1 aromatic rings. The third-order valence-electron chi connectivity index (χ3n) is 5.54. The van der Waals surface area contributed by atoms with Gasteiger partial charge in [0.05, 0.1) is 0 Å². The fraction of sp³-hybridized carbons (Fsp3) is 0.600. The normalized spacial score (nSPS) is 41.8. The molecule has 18 heavy (non-hydrogen) atoms. The van der Waals surface area contributed by atoms with E-state index in [1.54, 1.807) is 6.07 Å². The van der Waals surface area contributed by atoms with Crippen LogP contribution in [-0.2, 0) is 0 Å². The number of rotatable bonds is 2. The van der Waals surface area contributed by atoms with E-state index in [9.17, 15) is 8.78 Å². The first-order valence-corrected chi connectivity index (χ1v) is 6.87. The molecule has 1 aromatic carbocycles. The third-order valence-corrected chi connectivity index (χ3v) is 5.54. The fourth-order valence-electron chi connectivity index (χ4n) is 4.81. The molecule has 4 rings (SSSR count). The molecule has 2 bridgehead atoms. The Morgan fingerprint density at radius 1 is 1.06 bits per heavy atom. The van der Waals surface area contributed by atoms with Crippen LogP contribution in [0.5, 0.6) is 0 Å². The van der Waals surface area contributed by atoms with Gasteiger partial charge in [0, 0.05) is 6.04 Å². The predicted molar refractivity (Wildman–Crippen MR) is 64.6 cm³/mol. The summed E-state index contributed by atoms with van der Waals surface area (Å²) in [7, 11) is 0. The zero-order chi connectivity index (χ0) is 12.4. The van der Waals surface area contributed by atoms with Crippen molar-refractivity contribution in [2.24, 2.45) is 35.3 Å². The van der Waals surface area contributed by atoms with E-state index in [0.29, 0.717) is 5.92 Å². The highest BCUT2D eigenvalue weighted by molar-refractivity contribution is 5.26. The second-order valence-corrected chi connectivity index (χ2v) is 6.26. The molecule has 0 amide bonds. The minimum atomic E-state index is -0.790. The van der Waals surface area contributed by atoms with E-state index in [2.05, 4.69) is 0 Å². The van der Waals surface area contributed by atoms with Crippen LogP contribution in [0.1, 0.15) is 30.9 Å². The van der Waals surface area contributed by atoms with Gasteiger partial charge >= 0.3 is 0 Å². The maximum Gasteiger partial charge on any atom is 0.159 e. The SMILES string of the molecule is NC(c1ccc(F)c(F)c1)C1C2C3CCC(C3)C21. The number of halogens is 2. The number of hydrogen-bond acceptors (Lipinski definition) is 1. The molecule has 0 spiro atoms. The van der Waals surface area contributed by atoms with Crippen LogP contribution in [0.25, 0.3) is 0 Å². The van der Waals surface area contributed by atoms with Gasteiger partial charge in [-0.15, -0.1) is 0 Å². The maximum atomic E-state index is 13.2. The van der Waals surface area contributed by atoms with Gasteiger partial charge in [0.1, 0.15) is 0 Å². The Morgan fingerprint density at radius 3 is 2.33 bits per heavy atom. The minimum Gasteiger partial charge on any atom is -0.324 e. The summed E-state index contributed by atoms with van der Waals surface area (Å²) < 4.78 is 26.2. The fourth-order valence-corrected chi connectivity index (χ4v) is 4.81. The maximum absolute atomic E-state index is 13.2. The molecule has 2 N–H and O–H groups in total. The Labute approximate surface area is 105 Å². The quantitative estimate of drug-likeness (QED) is 0.855. The summed E-state index contributed by atoms with van der Waals surface area (Å²) in [5, 5.41) is 0. The van der Waals surface area contributed by atoms with Crippen LogP contribution in [0.4, 0.5) is 8.78 Å². The average Bonchev–Trinajstić information content (AvgIpc) is 2.80. The predicted octanol–water partition coefficient (Wildman–Crippen LogP) is 3.26. The zero-order valence-electron chi connectivity index (χ0n) is 10.2. The van der Waals surface area contributed by atoms with Gasteiger partial charge in [0.15, 0.2) is 11.6 Å². The van der Waals surface area contributed by atoms with E-state index in [-0.39, 0.29) is 6.04 Å².